The van der Waals surface area contributed by atoms with Gasteiger partial charge in [-0.25, -0.2) is 0 Å². The van der Waals surface area contributed by atoms with Crippen molar-refractivity contribution in [3.63, 3.8) is 0 Å². The van der Waals surface area contributed by atoms with E-state index in [0.717, 1.165) is 59.5 Å². The Kier molecular flexibility index (Phi) is 16.1. The van der Waals surface area contributed by atoms with Gasteiger partial charge < -0.3 is 14.8 Å². The quantitative estimate of drug-likeness (QED) is 0.134. The molecule has 4 aromatic carbocycles. The van der Waals surface area contributed by atoms with Crippen LogP contribution in [0, 0.1) is 0 Å². The van der Waals surface area contributed by atoms with Crippen LogP contribution in [0.5, 0.6) is 11.5 Å². The number of hydrogen-bond acceptors (Lipinski definition) is 6. The first-order valence-electron chi connectivity index (χ1n) is 18.5. The summed E-state index contributed by atoms with van der Waals surface area (Å²) in [6.45, 7) is 8.71. The first-order valence-corrected chi connectivity index (χ1v) is 19.0. The molecule has 276 valence electrons. The first kappa shape index (κ1) is 39.1. The first-order chi connectivity index (χ1) is 25.3. The lowest BCUT2D eigenvalue weighted by atomic mass is 10.1. The van der Waals surface area contributed by atoms with Crippen molar-refractivity contribution in [2.45, 2.75) is 51.6 Å². The van der Waals surface area contributed by atoms with Gasteiger partial charge in [-0.1, -0.05) is 85.6 Å². The van der Waals surface area contributed by atoms with E-state index < -0.39 is 0 Å². The largest absolute Gasteiger partial charge is 0.492 e. The lowest BCUT2D eigenvalue weighted by Crippen LogP contribution is -2.33. The van der Waals surface area contributed by atoms with Gasteiger partial charge in [-0.15, -0.1) is 24.0 Å². The molecule has 2 fully saturated rings. The molecule has 0 amide bonds. The second-order valence-corrected chi connectivity index (χ2v) is 13.4. The van der Waals surface area contributed by atoms with E-state index in [2.05, 4.69) is 75.0 Å². The van der Waals surface area contributed by atoms with Gasteiger partial charge >= 0.3 is 0 Å². The van der Waals surface area contributed by atoms with Gasteiger partial charge in [-0.05, 0) is 87.3 Å². The van der Waals surface area contributed by atoms with Gasteiger partial charge in [0.05, 0.1) is 53.2 Å². The minimum Gasteiger partial charge on any atom is -0.492 e. The molecule has 0 bridgehead atoms. The number of halogens is 2. The Morgan fingerprint density at radius 3 is 1.54 bits per heavy atom. The molecule has 6 aromatic rings. The minimum atomic E-state index is 0. The Morgan fingerprint density at radius 2 is 1.08 bits per heavy atom. The lowest BCUT2D eigenvalue weighted by molar-refractivity contribution is 0.184. The van der Waals surface area contributed by atoms with Crippen molar-refractivity contribution in [3.05, 3.63) is 121 Å². The summed E-state index contributed by atoms with van der Waals surface area (Å²) in [4.78, 5) is 2.50. The molecule has 2 aliphatic rings. The van der Waals surface area contributed by atoms with E-state index in [1.54, 1.807) is 0 Å². The normalized spacial score (nSPS) is 14.4. The third kappa shape index (κ3) is 11.5. The van der Waals surface area contributed by atoms with E-state index >= 15 is 0 Å². The molecular weight excluding hydrogens is 691 g/mol. The summed E-state index contributed by atoms with van der Waals surface area (Å²) < 4.78 is 15.8. The Hall–Kier alpha value is -4.08. The van der Waals surface area contributed by atoms with Gasteiger partial charge in [0, 0.05) is 6.54 Å². The summed E-state index contributed by atoms with van der Waals surface area (Å²) in [5, 5.41) is 14.4. The molecule has 8 nitrogen and oxygen atoms in total. The van der Waals surface area contributed by atoms with Crippen molar-refractivity contribution in [1.82, 2.24) is 29.8 Å². The number of nitrogens with zero attached hydrogens (tertiary/aromatic N) is 5. The maximum Gasteiger partial charge on any atom is 0.130 e. The third-order valence-corrected chi connectivity index (χ3v) is 9.46. The van der Waals surface area contributed by atoms with Crippen LogP contribution in [0.2, 0.25) is 0 Å². The van der Waals surface area contributed by atoms with E-state index in [9.17, 15) is 0 Å². The van der Waals surface area contributed by atoms with Gasteiger partial charge in [0.15, 0.2) is 0 Å². The molecular formula is C42H52Cl2N6O2. The summed E-state index contributed by atoms with van der Waals surface area (Å²) in [5.41, 5.74) is 4.67. The van der Waals surface area contributed by atoms with Crippen LogP contribution in [0.4, 0.5) is 0 Å². The minimum absolute atomic E-state index is 0. The molecule has 2 aliphatic heterocycles. The molecule has 4 heterocycles. The molecule has 52 heavy (non-hydrogen) atoms. The van der Waals surface area contributed by atoms with Crippen LogP contribution >= 0.6 is 24.0 Å². The predicted octanol–water partition coefficient (Wildman–Crippen LogP) is 8.83. The molecule has 10 heteroatoms. The average Bonchev–Trinajstić information content (AvgIpc) is 3.81. The van der Waals surface area contributed by atoms with Crippen molar-refractivity contribution in [3.8, 4) is 11.5 Å². The second-order valence-electron chi connectivity index (χ2n) is 13.1. The Labute approximate surface area is 319 Å². The number of fused-ring (bicyclic) bond motifs is 2. The van der Waals surface area contributed by atoms with Gasteiger partial charge in [-0.2, -0.15) is 10.2 Å². The van der Waals surface area contributed by atoms with Crippen LogP contribution in [0.1, 0.15) is 49.7 Å². The van der Waals surface area contributed by atoms with E-state index in [1.807, 2.05) is 64.2 Å². The van der Waals surface area contributed by atoms with E-state index in [0.29, 0.717) is 12.5 Å². The second kappa shape index (κ2) is 21.4. The van der Waals surface area contributed by atoms with E-state index in [1.165, 1.54) is 75.8 Å². The zero-order valence-corrected chi connectivity index (χ0v) is 31.6. The molecule has 0 aliphatic carbocycles. The fourth-order valence-corrected chi connectivity index (χ4v) is 6.67. The molecule has 0 atom stereocenters. The number of likely N-dealkylation sites (tertiary alicyclic amines) is 1. The molecule has 1 N–H and O–H groups in total. The Morgan fingerprint density at radius 1 is 0.577 bits per heavy atom. The van der Waals surface area contributed by atoms with Gasteiger partial charge in [0.25, 0.3) is 0 Å². The van der Waals surface area contributed by atoms with Gasteiger partial charge in [-0.3, -0.25) is 14.3 Å². The molecule has 0 radical (unpaired) electrons. The van der Waals surface area contributed by atoms with Crippen molar-refractivity contribution in [2.75, 3.05) is 51.8 Å². The van der Waals surface area contributed by atoms with Gasteiger partial charge in [0.1, 0.15) is 24.7 Å². The molecule has 0 saturated carbocycles. The van der Waals surface area contributed by atoms with E-state index in [-0.39, 0.29) is 12.4 Å². The molecule has 0 spiro atoms. The summed E-state index contributed by atoms with van der Waals surface area (Å²) in [6.07, 6.45) is 12.0. The highest BCUT2D eigenvalue weighted by Gasteiger charge is 2.12. The van der Waals surface area contributed by atoms with Crippen LogP contribution in [0.15, 0.2) is 109 Å². The lowest BCUT2D eigenvalue weighted by Gasteiger charge is -2.26. The number of hydrogen-bond donors (Lipinski definition) is 1. The Bertz CT molecular complexity index is 1860. The molecule has 0 unspecified atom stereocenters. The summed E-state index contributed by atoms with van der Waals surface area (Å²) >= 11 is 5.67. The number of benzene rings is 4. The van der Waals surface area contributed by atoms with Crippen LogP contribution in [0.25, 0.3) is 21.8 Å². The number of alkyl halides is 1. The molecule has 8 rings (SSSR count). The van der Waals surface area contributed by atoms with Crippen molar-refractivity contribution >= 4 is 45.8 Å². The van der Waals surface area contributed by atoms with Crippen LogP contribution in [-0.2, 0) is 13.1 Å². The highest BCUT2D eigenvalue weighted by atomic mass is 35.5. The smallest absolute Gasteiger partial charge is 0.130 e. The summed E-state index contributed by atoms with van der Waals surface area (Å²) in [5.74, 6) is 2.26. The maximum atomic E-state index is 6.09. The van der Waals surface area contributed by atoms with Crippen molar-refractivity contribution < 1.29 is 9.47 Å². The van der Waals surface area contributed by atoms with E-state index in [4.69, 9.17) is 21.1 Å². The Balaban J connectivity index is 0.000000173. The molecule has 2 aromatic heterocycles. The average molecular weight is 744 g/mol. The fourth-order valence-electron chi connectivity index (χ4n) is 6.59. The third-order valence-electron chi connectivity index (χ3n) is 9.30. The number of piperidine rings is 2. The van der Waals surface area contributed by atoms with Crippen LogP contribution < -0.4 is 14.8 Å². The zero-order chi connectivity index (χ0) is 34.9. The fraction of sp³-hybridized carbons (Fsp3) is 0.381. The SMILES string of the molecule is C1CCNCC1.Cl.ClCCOc1cccc2c1cnn2Cc1ccccc1.c1ccc(Cn2ncc3c(OCCN4CCCCC4)cccc32)cc1. The highest BCUT2D eigenvalue weighted by molar-refractivity contribution is 6.18. The number of aromatic nitrogens is 4. The number of nitrogens with one attached hydrogen (secondary N) is 1. The monoisotopic (exact) mass is 742 g/mol. The standard InChI is InChI=1S/C21H25N3O.C16H15ClN2O.C5H11N.ClH/c1-3-8-18(9-4-1)17-24-20-10-7-11-21(19(20)16-22-24)25-15-14-23-12-5-2-6-13-23;17-9-10-20-16-8-4-7-15-14(16)11-18-19(15)12-13-5-2-1-3-6-13;1-2-4-6-5-3-1;/h1,3-4,7-11,16H,2,5-6,12-15,17H2;1-8,11H,9-10,12H2;6H,1-5H2;1H. The molecule has 2 saturated heterocycles. The predicted molar refractivity (Wildman–Crippen MR) is 217 cm³/mol. The van der Waals surface area contributed by atoms with Gasteiger partial charge in [0.2, 0.25) is 0 Å². The topological polar surface area (TPSA) is 69.4 Å². The maximum absolute atomic E-state index is 6.09. The van der Waals surface area contributed by atoms with Crippen LogP contribution in [0.3, 0.4) is 0 Å². The van der Waals surface area contributed by atoms with Crippen molar-refractivity contribution in [2.24, 2.45) is 0 Å². The summed E-state index contributed by atoms with van der Waals surface area (Å²) in [7, 11) is 0. The van der Waals surface area contributed by atoms with Crippen LogP contribution in [-0.4, -0.2) is 76.3 Å². The zero-order valence-electron chi connectivity index (χ0n) is 30.0. The number of ether oxygens (including phenoxy) is 2. The summed E-state index contributed by atoms with van der Waals surface area (Å²) in [6, 6.07) is 32.9. The van der Waals surface area contributed by atoms with Crippen molar-refractivity contribution in [1.29, 1.82) is 0 Å². The number of rotatable bonds is 11. The highest BCUT2D eigenvalue weighted by Crippen LogP contribution is 2.27.